The number of anilines is 1. The van der Waals surface area contributed by atoms with Crippen molar-refractivity contribution in [1.82, 2.24) is 9.29 Å². The molecule has 0 aromatic carbocycles. The average molecular weight is 269 g/mol. The normalized spacial score (nSPS) is 21.1. The second-order valence-electron chi connectivity index (χ2n) is 4.55. The summed E-state index contributed by atoms with van der Waals surface area (Å²) in [7, 11) is -1.70. The van der Waals surface area contributed by atoms with E-state index in [0.717, 1.165) is 12.8 Å². The van der Waals surface area contributed by atoms with Crippen molar-refractivity contribution in [3.05, 3.63) is 18.5 Å². The Labute approximate surface area is 108 Å². The van der Waals surface area contributed by atoms with Crippen LogP contribution in [0.15, 0.2) is 23.4 Å². The van der Waals surface area contributed by atoms with Crippen LogP contribution in [0.5, 0.6) is 0 Å². The van der Waals surface area contributed by atoms with Crippen molar-refractivity contribution in [2.45, 2.75) is 24.7 Å². The Morgan fingerprint density at radius 2 is 2.33 bits per heavy atom. The van der Waals surface area contributed by atoms with Crippen molar-refractivity contribution in [3.8, 4) is 0 Å². The lowest BCUT2D eigenvalue weighted by atomic mass is 10.1. The van der Waals surface area contributed by atoms with Crippen molar-refractivity contribution >= 4 is 15.7 Å². The summed E-state index contributed by atoms with van der Waals surface area (Å²) in [6.07, 6.45) is 4.98. The van der Waals surface area contributed by atoms with Crippen LogP contribution in [-0.2, 0) is 10.0 Å². The molecule has 18 heavy (non-hydrogen) atoms. The number of nitrogens with zero attached hydrogens (tertiary/aromatic N) is 2. The predicted molar refractivity (Wildman–Crippen MR) is 70.9 cm³/mol. The van der Waals surface area contributed by atoms with Crippen LogP contribution in [0.3, 0.4) is 0 Å². The van der Waals surface area contributed by atoms with Gasteiger partial charge >= 0.3 is 0 Å². The quantitative estimate of drug-likeness (QED) is 0.900. The van der Waals surface area contributed by atoms with Gasteiger partial charge in [0.2, 0.25) is 10.0 Å². The number of pyridine rings is 1. The van der Waals surface area contributed by atoms with Crippen LogP contribution >= 0.6 is 0 Å². The van der Waals surface area contributed by atoms with E-state index in [1.54, 1.807) is 23.6 Å². The number of nitrogens with one attached hydrogen (secondary N) is 1. The lowest BCUT2D eigenvalue weighted by molar-refractivity contribution is 0.453. The summed E-state index contributed by atoms with van der Waals surface area (Å²) in [5.74, 6) is 0.481. The minimum atomic E-state index is -3.42. The van der Waals surface area contributed by atoms with E-state index in [1.807, 2.05) is 0 Å². The van der Waals surface area contributed by atoms with Crippen LogP contribution in [0.1, 0.15) is 19.8 Å². The van der Waals surface area contributed by atoms with E-state index in [9.17, 15) is 8.42 Å². The maximum Gasteiger partial charge on any atom is 0.246 e. The van der Waals surface area contributed by atoms with Gasteiger partial charge in [0.15, 0.2) is 0 Å². The maximum absolute atomic E-state index is 12.5. The standard InChI is InChI=1S/C12H19N3O2S/c1-3-10-5-7-15(9-10)18(16,17)12-8-14-6-4-11(12)13-2/h4,6,8,10H,3,5,7,9H2,1-2H3,(H,13,14). The smallest absolute Gasteiger partial charge is 0.246 e. The number of hydrogen-bond acceptors (Lipinski definition) is 4. The Kier molecular flexibility index (Phi) is 3.87. The summed E-state index contributed by atoms with van der Waals surface area (Å²) in [5.41, 5.74) is 0.602. The Morgan fingerprint density at radius 3 is 2.94 bits per heavy atom. The maximum atomic E-state index is 12.5. The summed E-state index contributed by atoms with van der Waals surface area (Å²) in [5, 5.41) is 2.90. The van der Waals surface area contributed by atoms with Crippen molar-refractivity contribution in [2.75, 3.05) is 25.5 Å². The Balaban J connectivity index is 2.31. The minimum Gasteiger partial charge on any atom is -0.387 e. The molecule has 1 unspecified atom stereocenters. The van der Waals surface area contributed by atoms with Crippen LogP contribution in [0, 0.1) is 5.92 Å². The first kappa shape index (κ1) is 13.3. The van der Waals surface area contributed by atoms with Gasteiger partial charge in [-0.15, -0.1) is 0 Å². The zero-order valence-electron chi connectivity index (χ0n) is 10.8. The van der Waals surface area contributed by atoms with Gasteiger partial charge in [0, 0.05) is 32.5 Å². The number of aromatic nitrogens is 1. The molecule has 0 bridgehead atoms. The van der Waals surface area contributed by atoms with Crippen LogP contribution in [0.25, 0.3) is 0 Å². The molecule has 0 amide bonds. The Hall–Kier alpha value is -1.14. The molecular weight excluding hydrogens is 250 g/mol. The Morgan fingerprint density at radius 1 is 1.56 bits per heavy atom. The highest BCUT2D eigenvalue weighted by molar-refractivity contribution is 7.89. The lowest BCUT2D eigenvalue weighted by Crippen LogP contribution is -2.29. The predicted octanol–water partition coefficient (Wildman–Crippen LogP) is 1.54. The molecule has 5 nitrogen and oxygen atoms in total. The molecule has 0 radical (unpaired) electrons. The average Bonchev–Trinajstić information content (AvgIpc) is 2.88. The van der Waals surface area contributed by atoms with Gasteiger partial charge in [-0.2, -0.15) is 4.31 Å². The molecule has 6 heteroatoms. The fourth-order valence-corrected chi connectivity index (χ4v) is 3.95. The van der Waals surface area contributed by atoms with Crippen LogP contribution < -0.4 is 5.32 Å². The highest BCUT2D eigenvalue weighted by Gasteiger charge is 2.33. The van der Waals surface area contributed by atoms with E-state index in [0.29, 0.717) is 24.7 Å². The molecule has 2 rings (SSSR count). The highest BCUT2D eigenvalue weighted by Crippen LogP contribution is 2.28. The molecule has 1 saturated heterocycles. The molecule has 1 fully saturated rings. The topological polar surface area (TPSA) is 62.3 Å². The molecule has 0 spiro atoms. The van der Waals surface area contributed by atoms with Crippen LogP contribution in [0.2, 0.25) is 0 Å². The Bertz CT molecular complexity index is 516. The van der Waals surface area contributed by atoms with E-state index >= 15 is 0 Å². The van der Waals surface area contributed by atoms with Crippen molar-refractivity contribution in [1.29, 1.82) is 0 Å². The first-order chi connectivity index (χ1) is 8.59. The van der Waals surface area contributed by atoms with E-state index < -0.39 is 10.0 Å². The molecule has 1 aromatic rings. The minimum absolute atomic E-state index is 0.268. The second-order valence-corrected chi connectivity index (χ2v) is 6.45. The fraction of sp³-hybridized carbons (Fsp3) is 0.583. The van der Waals surface area contributed by atoms with E-state index in [4.69, 9.17) is 0 Å². The number of rotatable bonds is 4. The molecule has 1 aliphatic rings. The van der Waals surface area contributed by atoms with Gasteiger partial charge in [0.1, 0.15) is 4.90 Å². The number of sulfonamides is 1. The van der Waals surface area contributed by atoms with Gasteiger partial charge in [-0.1, -0.05) is 13.3 Å². The first-order valence-corrected chi connectivity index (χ1v) is 7.65. The zero-order valence-corrected chi connectivity index (χ0v) is 11.6. The van der Waals surface area contributed by atoms with Crippen molar-refractivity contribution in [3.63, 3.8) is 0 Å². The van der Waals surface area contributed by atoms with E-state index in [-0.39, 0.29) is 4.90 Å². The third-order valence-corrected chi connectivity index (χ3v) is 5.39. The highest BCUT2D eigenvalue weighted by atomic mass is 32.2. The molecule has 100 valence electrons. The van der Waals surface area contributed by atoms with Gasteiger partial charge in [-0.25, -0.2) is 8.42 Å². The van der Waals surface area contributed by atoms with Crippen molar-refractivity contribution < 1.29 is 8.42 Å². The van der Waals surface area contributed by atoms with Gasteiger partial charge in [0.25, 0.3) is 0 Å². The number of hydrogen-bond donors (Lipinski definition) is 1. The molecule has 1 N–H and O–H groups in total. The zero-order chi connectivity index (χ0) is 13.2. The summed E-state index contributed by atoms with van der Waals surface area (Å²) < 4.78 is 26.6. The molecular formula is C12H19N3O2S. The van der Waals surface area contributed by atoms with E-state index in [1.165, 1.54) is 6.20 Å². The molecule has 1 aromatic heterocycles. The molecule has 0 aliphatic carbocycles. The fourth-order valence-electron chi connectivity index (χ4n) is 2.28. The third-order valence-electron chi connectivity index (χ3n) is 3.50. The SMILES string of the molecule is CCC1CCN(S(=O)(=O)c2cnccc2NC)C1. The second kappa shape index (κ2) is 5.24. The largest absolute Gasteiger partial charge is 0.387 e. The van der Waals surface area contributed by atoms with Crippen LogP contribution in [-0.4, -0.2) is 37.8 Å². The van der Waals surface area contributed by atoms with Gasteiger partial charge in [-0.3, -0.25) is 4.98 Å². The first-order valence-electron chi connectivity index (χ1n) is 6.21. The molecule has 1 atom stereocenters. The lowest BCUT2D eigenvalue weighted by Gasteiger charge is -2.18. The van der Waals surface area contributed by atoms with Gasteiger partial charge in [-0.05, 0) is 18.4 Å². The summed E-state index contributed by atoms with van der Waals surface area (Å²) in [4.78, 5) is 4.19. The van der Waals surface area contributed by atoms with Gasteiger partial charge < -0.3 is 5.32 Å². The molecule has 0 saturated carbocycles. The third kappa shape index (κ3) is 2.35. The summed E-state index contributed by atoms with van der Waals surface area (Å²) in [6.45, 7) is 3.33. The van der Waals surface area contributed by atoms with E-state index in [2.05, 4.69) is 17.2 Å². The van der Waals surface area contributed by atoms with Gasteiger partial charge in [0.05, 0.1) is 5.69 Å². The molecule has 1 aliphatic heterocycles. The summed E-state index contributed by atoms with van der Waals surface area (Å²) in [6, 6.07) is 1.68. The molecule has 2 heterocycles. The summed E-state index contributed by atoms with van der Waals surface area (Å²) >= 11 is 0. The monoisotopic (exact) mass is 269 g/mol. The van der Waals surface area contributed by atoms with Crippen LogP contribution in [0.4, 0.5) is 5.69 Å². The van der Waals surface area contributed by atoms with Crippen molar-refractivity contribution in [2.24, 2.45) is 5.92 Å².